The Morgan fingerprint density at radius 1 is 0.875 bits per heavy atom. The van der Waals surface area contributed by atoms with Gasteiger partial charge in [0, 0.05) is 30.6 Å². The van der Waals surface area contributed by atoms with E-state index in [1.807, 2.05) is 44.2 Å². The summed E-state index contributed by atoms with van der Waals surface area (Å²) in [6, 6.07) is 26.6. The van der Waals surface area contributed by atoms with Gasteiger partial charge < -0.3 is 19.7 Å². The number of anilines is 1. The lowest BCUT2D eigenvalue weighted by molar-refractivity contribution is -0.140. The number of carbonyl (C=O) groups excluding carboxylic acids is 2. The zero-order chi connectivity index (χ0) is 34.7. The quantitative estimate of drug-likeness (QED) is 0.136. The average Bonchev–Trinajstić information content (AvgIpc) is 3.09. The van der Waals surface area contributed by atoms with Crippen molar-refractivity contribution < 1.29 is 27.5 Å². The molecule has 4 rings (SSSR count). The van der Waals surface area contributed by atoms with E-state index in [1.165, 1.54) is 37.3 Å². The van der Waals surface area contributed by atoms with Crippen LogP contribution >= 0.6 is 11.6 Å². The van der Waals surface area contributed by atoms with Gasteiger partial charge >= 0.3 is 0 Å². The number of hydrogen-bond acceptors (Lipinski definition) is 6. The van der Waals surface area contributed by atoms with Crippen molar-refractivity contribution in [2.45, 2.75) is 50.6 Å². The number of hydrogen-bond donors (Lipinski definition) is 1. The molecule has 254 valence electrons. The molecular formula is C37H42ClN3O6S. The molecule has 48 heavy (non-hydrogen) atoms. The van der Waals surface area contributed by atoms with E-state index in [9.17, 15) is 18.0 Å². The van der Waals surface area contributed by atoms with Crippen LogP contribution in [0.3, 0.4) is 0 Å². The van der Waals surface area contributed by atoms with Gasteiger partial charge in [-0.3, -0.25) is 13.9 Å². The van der Waals surface area contributed by atoms with E-state index in [-0.39, 0.29) is 35.2 Å². The molecule has 1 unspecified atom stereocenters. The van der Waals surface area contributed by atoms with Gasteiger partial charge in [0.1, 0.15) is 12.6 Å². The zero-order valence-corrected chi connectivity index (χ0v) is 29.3. The number of unbranched alkanes of at least 4 members (excludes halogenated alkanes) is 1. The summed E-state index contributed by atoms with van der Waals surface area (Å²) in [7, 11) is -1.36. The molecule has 0 heterocycles. The lowest BCUT2D eigenvalue weighted by Crippen LogP contribution is -2.53. The van der Waals surface area contributed by atoms with Crippen LogP contribution in [-0.2, 0) is 32.6 Å². The Labute approximate surface area is 288 Å². The molecule has 1 atom stereocenters. The molecule has 0 bridgehead atoms. The van der Waals surface area contributed by atoms with Gasteiger partial charge in [-0.05, 0) is 54.8 Å². The second kappa shape index (κ2) is 17.0. The van der Waals surface area contributed by atoms with Crippen molar-refractivity contribution in [2.75, 3.05) is 31.6 Å². The third-order valence-electron chi connectivity index (χ3n) is 7.94. The summed E-state index contributed by atoms with van der Waals surface area (Å²) >= 11 is 6.58. The average molecular weight is 692 g/mol. The molecule has 0 fully saturated rings. The first-order valence-electron chi connectivity index (χ1n) is 15.7. The predicted molar refractivity (Wildman–Crippen MR) is 189 cm³/mol. The van der Waals surface area contributed by atoms with Gasteiger partial charge in [-0.25, -0.2) is 8.42 Å². The van der Waals surface area contributed by atoms with Gasteiger partial charge in [0.05, 0.1) is 24.8 Å². The molecule has 0 spiro atoms. The Morgan fingerprint density at radius 3 is 2.19 bits per heavy atom. The van der Waals surface area contributed by atoms with Crippen LogP contribution in [0.2, 0.25) is 5.02 Å². The second-order valence-corrected chi connectivity index (χ2v) is 13.6. The van der Waals surface area contributed by atoms with Crippen molar-refractivity contribution in [3.05, 3.63) is 119 Å². The van der Waals surface area contributed by atoms with Gasteiger partial charge in [-0.2, -0.15) is 0 Å². The van der Waals surface area contributed by atoms with Crippen LogP contribution in [0.25, 0.3) is 0 Å². The van der Waals surface area contributed by atoms with Crippen molar-refractivity contribution in [2.24, 2.45) is 0 Å². The highest BCUT2D eigenvalue weighted by atomic mass is 35.5. The minimum absolute atomic E-state index is 0.00600. The maximum atomic E-state index is 14.7. The molecule has 1 N–H and O–H groups in total. The first-order chi connectivity index (χ1) is 23.1. The Balaban J connectivity index is 1.84. The van der Waals surface area contributed by atoms with Crippen LogP contribution in [0, 0.1) is 6.92 Å². The smallest absolute Gasteiger partial charge is 0.264 e. The fourth-order valence-electron chi connectivity index (χ4n) is 5.22. The SMILES string of the molecule is CCCCNC(=O)C(Cc1ccccc1)N(Cc1ccccc1Cl)C(=O)CN(c1ccc(OC)c(OC)c1)S(=O)(=O)c1ccc(C)cc1. The Morgan fingerprint density at radius 2 is 1.54 bits per heavy atom. The molecule has 0 aliphatic rings. The normalized spacial score (nSPS) is 11.8. The minimum atomic E-state index is -4.28. The number of amides is 2. The lowest BCUT2D eigenvalue weighted by Gasteiger charge is -2.34. The minimum Gasteiger partial charge on any atom is -0.493 e. The van der Waals surface area contributed by atoms with E-state index >= 15 is 0 Å². The van der Waals surface area contributed by atoms with Crippen LogP contribution in [0.15, 0.2) is 102 Å². The molecule has 0 radical (unpaired) electrons. The highest BCUT2D eigenvalue weighted by Crippen LogP contribution is 2.34. The first-order valence-corrected chi connectivity index (χ1v) is 17.6. The van der Waals surface area contributed by atoms with Crippen LogP contribution in [0.5, 0.6) is 11.5 Å². The van der Waals surface area contributed by atoms with Gasteiger partial charge in [-0.15, -0.1) is 0 Å². The highest BCUT2D eigenvalue weighted by Gasteiger charge is 2.35. The van der Waals surface area contributed by atoms with E-state index < -0.39 is 28.5 Å². The maximum absolute atomic E-state index is 14.7. The largest absolute Gasteiger partial charge is 0.493 e. The van der Waals surface area contributed by atoms with E-state index in [0.29, 0.717) is 22.9 Å². The van der Waals surface area contributed by atoms with Gasteiger partial charge in [0.15, 0.2) is 11.5 Å². The summed E-state index contributed by atoms with van der Waals surface area (Å²) in [6.45, 7) is 3.69. The van der Waals surface area contributed by atoms with Crippen LogP contribution in [0.1, 0.15) is 36.5 Å². The number of sulfonamides is 1. The summed E-state index contributed by atoms with van der Waals surface area (Å²) in [5.74, 6) is -0.247. The number of benzene rings is 4. The Kier molecular flexibility index (Phi) is 12.9. The van der Waals surface area contributed by atoms with E-state index in [2.05, 4.69) is 5.32 Å². The molecule has 0 saturated carbocycles. The fourth-order valence-corrected chi connectivity index (χ4v) is 6.82. The second-order valence-electron chi connectivity index (χ2n) is 11.3. The van der Waals surface area contributed by atoms with Crippen molar-refractivity contribution >= 4 is 39.1 Å². The van der Waals surface area contributed by atoms with Crippen molar-refractivity contribution in [3.8, 4) is 11.5 Å². The van der Waals surface area contributed by atoms with Crippen LogP contribution < -0.4 is 19.1 Å². The summed E-state index contributed by atoms with van der Waals surface area (Å²) in [4.78, 5) is 30.0. The number of halogens is 1. The van der Waals surface area contributed by atoms with Crippen molar-refractivity contribution in [1.29, 1.82) is 0 Å². The maximum Gasteiger partial charge on any atom is 0.264 e. The standard InChI is InChI=1S/C37H42ClN3O6S/c1-5-6-22-39-37(43)33(23-28-12-8-7-9-13-28)40(25-29-14-10-11-15-32(29)38)36(42)26-41(30-18-21-34(46-3)35(24-30)47-4)48(44,45)31-19-16-27(2)17-20-31/h7-21,24,33H,5-6,22-23,25-26H2,1-4H3,(H,39,43). The third kappa shape index (κ3) is 9.08. The fraction of sp³-hybridized carbons (Fsp3) is 0.297. The molecule has 11 heteroatoms. The zero-order valence-electron chi connectivity index (χ0n) is 27.7. The number of ether oxygens (including phenoxy) is 2. The van der Waals surface area contributed by atoms with Crippen LogP contribution in [-0.4, -0.2) is 58.5 Å². The summed E-state index contributed by atoms with van der Waals surface area (Å²) in [5, 5.41) is 3.41. The van der Waals surface area contributed by atoms with Gasteiger partial charge in [0.2, 0.25) is 11.8 Å². The molecule has 0 aromatic heterocycles. The highest BCUT2D eigenvalue weighted by molar-refractivity contribution is 7.92. The van der Waals surface area contributed by atoms with E-state index in [4.69, 9.17) is 21.1 Å². The number of nitrogens with one attached hydrogen (secondary N) is 1. The number of nitrogens with zero attached hydrogens (tertiary/aromatic N) is 2. The molecule has 4 aromatic carbocycles. The Bertz CT molecular complexity index is 1780. The molecule has 0 saturated heterocycles. The van der Waals surface area contributed by atoms with E-state index in [0.717, 1.165) is 28.3 Å². The lowest BCUT2D eigenvalue weighted by atomic mass is 10.0. The van der Waals surface area contributed by atoms with Crippen molar-refractivity contribution in [1.82, 2.24) is 10.2 Å². The Hall–Kier alpha value is -4.54. The molecule has 4 aromatic rings. The van der Waals surface area contributed by atoms with Gasteiger partial charge in [-0.1, -0.05) is 91.2 Å². The first kappa shape index (κ1) is 36.3. The van der Waals surface area contributed by atoms with E-state index in [1.54, 1.807) is 48.5 Å². The van der Waals surface area contributed by atoms with Gasteiger partial charge in [0.25, 0.3) is 10.0 Å². The molecule has 0 aliphatic carbocycles. The van der Waals surface area contributed by atoms with Crippen molar-refractivity contribution in [3.63, 3.8) is 0 Å². The molecule has 0 aliphatic heterocycles. The number of carbonyl (C=O) groups is 2. The topological polar surface area (TPSA) is 105 Å². The molecular weight excluding hydrogens is 650 g/mol. The summed E-state index contributed by atoms with van der Waals surface area (Å²) < 4.78 is 40.5. The van der Waals surface area contributed by atoms with Crippen LogP contribution in [0.4, 0.5) is 5.69 Å². The predicted octanol–water partition coefficient (Wildman–Crippen LogP) is 6.42. The molecule has 9 nitrogen and oxygen atoms in total. The molecule has 2 amide bonds. The third-order valence-corrected chi connectivity index (χ3v) is 10.1. The summed E-state index contributed by atoms with van der Waals surface area (Å²) in [6.07, 6.45) is 1.85. The number of methoxy groups -OCH3 is 2. The summed E-state index contributed by atoms with van der Waals surface area (Å²) in [5.41, 5.74) is 2.53. The number of aryl methyl sites for hydroxylation is 1. The monoisotopic (exact) mass is 691 g/mol. The number of rotatable bonds is 16.